The molecule has 118 valence electrons. The zero-order valence-corrected chi connectivity index (χ0v) is 14.0. The molecule has 0 saturated carbocycles. The van der Waals surface area contributed by atoms with Gasteiger partial charge in [0.1, 0.15) is 5.75 Å². The van der Waals surface area contributed by atoms with E-state index in [9.17, 15) is 0 Å². The van der Waals surface area contributed by atoms with Crippen LogP contribution in [0.2, 0.25) is 5.02 Å². The van der Waals surface area contributed by atoms with Gasteiger partial charge in [-0.2, -0.15) is 0 Å². The van der Waals surface area contributed by atoms with E-state index in [1.165, 1.54) is 5.56 Å². The molecule has 3 heteroatoms. The van der Waals surface area contributed by atoms with Crippen molar-refractivity contribution in [3.8, 4) is 5.75 Å². The van der Waals surface area contributed by atoms with Crippen LogP contribution in [0.15, 0.2) is 48.5 Å². The van der Waals surface area contributed by atoms with Gasteiger partial charge < -0.3 is 10.5 Å². The number of nitrogens with two attached hydrogens (primary N) is 1. The first-order valence-corrected chi connectivity index (χ1v) is 8.14. The van der Waals surface area contributed by atoms with Crippen LogP contribution in [0, 0.1) is 5.92 Å². The van der Waals surface area contributed by atoms with Gasteiger partial charge in [-0.3, -0.25) is 0 Å². The highest BCUT2D eigenvalue weighted by molar-refractivity contribution is 6.31. The predicted octanol–water partition coefficient (Wildman–Crippen LogP) is 4.66. The van der Waals surface area contributed by atoms with Gasteiger partial charge in [-0.25, -0.2) is 0 Å². The summed E-state index contributed by atoms with van der Waals surface area (Å²) in [5.41, 5.74) is 8.31. The second kappa shape index (κ2) is 8.21. The van der Waals surface area contributed by atoms with Gasteiger partial charge in [-0.05, 0) is 48.2 Å². The van der Waals surface area contributed by atoms with Crippen LogP contribution >= 0.6 is 11.6 Å². The number of ether oxygens (including phenoxy) is 1. The van der Waals surface area contributed by atoms with Gasteiger partial charge >= 0.3 is 0 Å². The van der Waals surface area contributed by atoms with Crippen molar-refractivity contribution in [2.45, 2.75) is 26.2 Å². The molecule has 22 heavy (non-hydrogen) atoms. The third kappa shape index (κ3) is 4.75. The van der Waals surface area contributed by atoms with E-state index in [0.29, 0.717) is 12.5 Å². The molecular formula is C19H24ClNO. The van der Waals surface area contributed by atoms with Gasteiger partial charge in [0.15, 0.2) is 0 Å². The molecule has 1 unspecified atom stereocenters. The second-order valence-corrected chi connectivity index (χ2v) is 6.41. The first-order valence-electron chi connectivity index (χ1n) is 7.76. The Kier molecular flexibility index (Phi) is 6.29. The van der Waals surface area contributed by atoms with Gasteiger partial charge in [0.05, 0.1) is 6.61 Å². The summed E-state index contributed by atoms with van der Waals surface area (Å²) in [6.07, 6.45) is 0.880. The summed E-state index contributed by atoms with van der Waals surface area (Å²) < 4.78 is 5.71. The first-order chi connectivity index (χ1) is 10.6. The number of rotatable bonds is 7. The monoisotopic (exact) mass is 317 g/mol. The largest absolute Gasteiger partial charge is 0.493 e. The highest BCUT2D eigenvalue weighted by Gasteiger charge is 2.13. The SMILES string of the molecule is CC(C)COc1ccc(CC(CN)c2ccccc2Cl)cc1. The lowest BCUT2D eigenvalue weighted by atomic mass is 9.92. The molecule has 1 atom stereocenters. The van der Waals surface area contributed by atoms with Crippen molar-refractivity contribution in [1.29, 1.82) is 0 Å². The summed E-state index contributed by atoms with van der Waals surface area (Å²) in [4.78, 5) is 0. The summed E-state index contributed by atoms with van der Waals surface area (Å²) in [7, 11) is 0. The number of hydrogen-bond acceptors (Lipinski definition) is 2. The molecule has 0 aliphatic rings. The fourth-order valence-electron chi connectivity index (χ4n) is 2.40. The Hall–Kier alpha value is -1.51. The van der Waals surface area contributed by atoms with Crippen LogP contribution in [0.5, 0.6) is 5.75 Å². The third-order valence-corrected chi connectivity index (χ3v) is 3.96. The minimum absolute atomic E-state index is 0.233. The lowest BCUT2D eigenvalue weighted by Gasteiger charge is -2.17. The minimum atomic E-state index is 0.233. The summed E-state index contributed by atoms with van der Waals surface area (Å²) in [5, 5.41) is 0.787. The summed E-state index contributed by atoms with van der Waals surface area (Å²) in [5.74, 6) is 1.68. The molecule has 0 bridgehead atoms. The first kappa shape index (κ1) is 16.9. The van der Waals surface area contributed by atoms with Gasteiger partial charge in [0, 0.05) is 10.9 Å². The Bertz CT molecular complexity index is 580. The average Bonchev–Trinajstić information content (AvgIpc) is 2.52. The molecule has 2 N–H and O–H groups in total. The van der Waals surface area contributed by atoms with E-state index < -0.39 is 0 Å². The molecule has 0 fully saturated rings. The van der Waals surface area contributed by atoms with Crippen LogP contribution in [0.4, 0.5) is 0 Å². The molecule has 2 aromatic rings. The zero-order valence-electron chi connectivity index (χ0n) is 13.3. The Morgan fingerprint density at radius 2 is 1.73 bits per heavy atom. The third-order valence-electron chi connectivity index (χ3n) is 3.62. The van der Waals surface area contributed by atoms with E-state index in [4.69, 9.17) is 22.1 Å². The molecular weight excluding hydrogens is 294 g/mol. The Labute approximate surface area is 138 Å². The molecule has 0 heterocycles. The molecule has 0 amide bonds. The van der Waals surface area contributed by atoms with Crippen LogP contribution in [0.3, 0.4) is 0 Å². The number of benzene rings is 2. The minimum Gasteiger partial charge on any atom is -0.493 e. The predicted molar refractivity (Wildman–Crippen MR) is 93.7 cm³/mol. The smallest absolute Gasteiger partial charge is 0.119 e. The maximum atomic E-state index is 6.28. The van der Waals surface area contributed by atoms with Crippen LogP contribution in [0.25, 0.3) is 0 Å². The van der Waals surface area contributed by atoms with Gasteiger partial charge in [-0.15, -0.1) is 0 Å². The second-order valence-electron chi connectivity index (χ2n) is 6.01. The molecule has 0 saturated heterocycles. The molecule has 0 spiro atoms. The van der Waals surface area contributed by atoms with Gasteiger partial charge in [0.25, 0.3) is 0 Å². The van der Waals surface area contributed by atoms with Crippen molar-refractivity contribution in [1.82, 2.24) is 0 Å². The van der Waals surface area contributed by atoms with E-state index in [-0.39, 0.29) is 5.92 Å². The van der Waals surface area contributed by atoms with Crippen molar-refractivity contribution in [3.63, 3.8) is 0 Å². The maximum absolute atomic E-state index is 6.28. The van der Waals surface area contributed by atoms with E-state index in [0.717, 1.165) is 29.4 Å². The van der Waals surface area contributed by atoms with Crippen molar-refractivity contribution < 1.29 is 4.74 Å². The van der Waals surface area contributed by atoms with Crippen LogP contribution in [0.1, 0.15) is 30.9 Å². The van der Waals surface area contributed by atoms with Crippen molar-refractivity contribution in [2.24, 2.45) is 11.7 Å². The lowest BCUT2D eigenvalue weighted by molar-refractivity contribution is 0.271. The van der Waals surface area contributed by atoms with E-state index in [1.807, 2.05) is 30.3 Å². The quantitative estimate of drug-likeness (QED) is 0.806. The summed E-state index contributed by atoms with van der Waals surface area (Å²) in [6.45, 7) is 5.60. The fraction of sp³-hybridized carbons (Fsp3) is 0.368. The van der Waals surface area contributed by atoms with Crippen molar-refractivity contribution >= 4 is 11.6 Å². The molecule has 0 aliphatic heterocycles. The maximum Gasteiger partial charge on any atom is 0.119 e. The van der Waals surface area contributed by atoms with Crippen molar-refractivity contribution in [3.05, 3.63) is 64.7 Å². The van der Waals surface area contributed by atoms with E-state index in [1.54, 1.807) is 0 Å². The Balaban J connectivity index is 2.04. The molecule has 0 aromatic heterocycles. The molecule has 0 radical (unpaired) electrons. The average molecular weight is 318 g/mol. The molecule has 2 aromatic carbocycles. The highest BCUT2D eigenvalue weighted by Crippen LogP contribution is 2.27. The highest BCUT2D eigenvalue weighted by atomic mass is 35.5. The lowest BCUT2D eigenvalue weighted by Crippen LogP contribution is -2.15. The van der Waals surface area contributed by atoms with E-state index >= 15 is 0 Å². The fourth-order valence-corrected chi connectivity index (χ4v) is 2.69. The van der Waals surface area contributed by atoms with E-state index in [2.05, 4.69) is 32.0 Å². The molecule has 2 nitrogen and oxygen atoms in total. The number of halogens is 1. The topological polar surface area (TPSA) is 35.2 Å². The number of hydrogen-bond donors (Lipinski definition) is 1. The summed E-state index contributed by atoms with van der Waals surface area (Å²) in [6, 6.07) is 16.2. The standard InChI is InChI=1S/C19H24ClNO/c1-14(2)13-22-17-9-7-15(8-10-17)11-16(12-21)18-5-3-4-6-19(18)20/h3-10,14,16H,11-13,21H2,1-2H3. The van der Waals surface area contributed by atoms with Gasteiger partial charge in [0.2, 0.25) is 0 Å². The van der Waals surface area contributed by atoms with Crippen molar-refractivity contribution in [2.75, 3.05) is 13.2 Å². The summed E-state index contributed by atoms with van der Waals surface area (Å²) >= 11 is 6.28. The normalized spacial score (nSPS) is 12.4. The molecule has 0 aliphatic carbocycles. The Morgan fingerprint density at radius 3 is 2.32 bits per heavy atom. The van der Waals surface area contributed by atoms with Gasteiger partial charge in [-0.1, -0.05) is 55.8 Å². The van der Waals surface area contributed by atoms with Crippen LogP contribution in [-0.2, 0) is 6.42 Å². The van der Waals surface area contributed by atoms with Crippen LogP contribution < -0.4 is 10.5 Å². The van der Waals surface area contributed by atoms with Crippen LogP contribution in [-0.4, -0.2) is 13.2 Å². The molecule has 2 rings (SSSR count). The Morgan fingerprint density at radius 1 is 1.05 bits per heavy atom. The zero-order chi connectivity index (χ0) is 15.9.